The largest absolute Gasteiger partial charge is 0.398 e. The molecule has 1 rings (SSSR count). The van der Waals surface area contributed by atoms with Crippen molar-refractivity contribution in [2.24, 2.45) is 0 Å². The monoisotopic (exact) mass is 252 g/mol. The van der Waals surface area contributed by atoms with Crippen molar-refractivity contribution in [2.45, 2.75) is 32.5 Å². The average molecular weight is 252 g/mol. The van der Waals surface area contributed by atoms with E-state index in [0.717, 1.165) is 5.56 Å². The molecular weight excluding hydrogens is 232 g/mol. The van der Waals surface area contributed by atoms with E-state index in [1.807, 2.05) is 13.0 Å². The summed E-state index contributed by atoms with van der Waals surface area (Å²) in [6, 6.07) is 5.28. The van der Waals surface area contributed by atoms with Crippen LogP contribution in [0.5, 0.6) is 0 Å². The lowest BCUT2D eigenvalue weighted by atomic mass is 9.99. The Morgan fingerprint density at radius 3 is 2.67 bits per heavy atom. The first kappa shape index (κ1) is 14.5. The molecule has 2 unspecified atom stereocenters. The number of aliphatic hydroxyl groups is 2. The predicted molar refractivity (Wildman–Crippen MR) is 69.9 cm³/mol. The second-order valence-electron chi connectivity index (χ2n) is 4.42. The van der Waals surface area contributed by atoms with Gasteiger partial charge >= 0.3 is 0 Å². The van der Waals surface area contributed by atoms with Gasteiger partial charge in [-0.1, -0.05) is 12.1 Å². The molecule has 0 fully saturated rings. The maximum absolute atomic E-state index is 10.7. The number of aryl methyl sites for hydroxylation is 1. The molecule has 5 nitrogen and oxygen atoms in total. The molecule has 2 atom stereocenters. The van der Waals surface area contributed by atoms with E-state index >= 15 is 0 Å². The molecule has 100 valence electrons. The summed E-state index contributed by atoms with van der Waals surface area (Å²) in [7, 11) is 0. The molecule has 0 saturated carbocycles. The van der Waals surface area contributed by atoms with Crippen molar-refractivity contribution in [1.29, 1.82) is 0 Å². The molecule has 0 aliphatic carbocycles. The summed E-state index contributed by atoms with van der Waals surface area (Å²) in [4.78, 5) is 10.7. The van der Waals surface area contributed by atoms with Gasteiger partial charge in [-0.25, -0.2) is 0 Å². The molecule has 0 radical (unpaired) electrons. The Hall–Kier alpha value is -1.59. The molecule has 18 heavy (non-hydrogen) atoms. The number of amides is 1. The number of anilines is 1. The van der Waals surface area contributed by atoms with Crippen molar-refractivity contribution in [1.82, 2.24) is 5.32 Å². The average Bonchev–Trinajstić information content (AvgIpc) is 2.27. The highest BCUT2D eigenvalue weighted by molar-refractivity contribution is 5.72. The Kier molecular flexibility index (Phi) is 5.12. The number of nitrogen functional groups attached to an aromatic ring is 1. The van der Waals surface area contributed by atoms with E-state index in [2.05, 4.69) is 5.32 Å². The number of hydrogen-bond donors (Lipinski definition) is 4. The lowest BCUT2D eigenvalue weighted by Crippen LogP contribution is -2.28. The fourth-order valence-electron chi connectivity index (χ4n) is 1.72. The maximum Gasteiger partial charge on any atom is 0.216 e. The predicted octanol–water partition coefficient (Wildman–Crippen LogP) is 0.498. The summed E-state index contributed by atoms with van der Waals surface area (Å²) in [5.74, 6) is -0.161. The van der Waals surface area contributed by atoms with Gasteiger partial charge in [0, 0.05) is 24.7 Å². The van der Waals surface area contributed by atoms with E-state index in [0.29, 0.717) is 17.8 Å². The van der Waals surface area contributed by atoms with E-state index in [1.54, 1.807) is 12.1 Å². The first-order chi connectivity index (χ1) is 8.41. The molecule has 5 heteroatoms. The van der Waals surface area contributed by atoms with Crippen LogP contribution in [0.4, 0.5) is 5.69 Å². The van der Waals surface area contributed by atoms with Crippen LogP contribution < -0.4 is 11.1 Å². The molecular formula is C13H20N2O3. The molecule has 5 N–H and O–H groups in total. The molecule has 1 aromatic rings. The zero-order chi connectivity index (χ0) is 13.7. The van der Waals surface area contributed by atoms with Crippen LogP contribution in [0.1, 0.15) is 30.6 Å². The minimum Gasteiger partial charge on any atom is -0.398 e. The Morgan fingerprint density at radius 2 is 2.11 bits per heavy atom. The van der Waals surface area contributed by atoms with Crippen LogP contribution in [0.2, 0.25) is 0 Å². The Balaban J connectivity index is 2.62. The van der Waals surface area contributed by atoms with E-state index in [1.165, 1.54) is 6.92 Å². The number of nitrogens with one attached hydrogen (secondary N) is 1. The second-order valence-corrected chi connectivity index (χ2v) is 4.42. The fraction of sp³-hybridized carbons (Fsp3) is 0.462. The maximum atomic E-state index is 10.7. The highest BCUT2D eigenvalue weighted by Crippen LogP contribution is 2.25. The van der Waals surface area contributed by atoms with Gasteiger partial charge < -0.3 is 21.3 Å². The first-order valence-electron chi connectivity index (χ1n) is 5.88. The first-order valence-corrected chi connectivity index (χ1v) is 5.88. The number of nitrogens with two attached hydrogens (primary N) is 1. The van der Waals surface area contributed by atoms with Crippen LogP contribution >= 0.6 is 0 Å². The van der Waals surface area contributed by atoms with Crippen molar-refractivity contribution in [2.75, 3.05) is 12.3 Å². The van der Waals surface area contributed by atoms with Crippen LogP contribution in [-0.4, -0.2) is 28.8 Å². The third kappa shape index (κ3) is 4.01. The van der Waals surface area contributed by atoms with Crippen LogP contribution in [-0.2, 0) is 4.79 Å². The van der Waals surface area contributed by atoms with Crippen LogP contribution in [0.3, 0.4) is 0 Å². The summed E-state index contributed by atoms with van der Waals surface area (Å²) in [5, 5.41) is 22.4. The zero-order valence-electron chi connectivity index (χ0n) is 10.7. The van der Waals surface area contributed by atoms with E-state index in [-0.39, 0.29) is 12.3 Å². The van der Waals surface area contributed by atoms with Crippen LogP contribution in [0, 0.1) is 6.92 Å². The smallest absolute Gasteiger partial charge is 0.216 e. The van der Waals surface area contributed by atoms with E-state index < -0.39 is 12.2 Å². The fourth-order valence-corrected chi connectivity index (χ4v) is 1.72. The molecule has 1 aromatic carbocycles. The van der Waals surface area contributed by atoms with Gasteiger partial charge in [0.05, 0.1) is 6.10 Å². The van der Waals surface area contributed by atoms with Crippen molar-refractivity contribution in [3.05, 3.63) is 29.3 Å². The summed E-state index contributed by atoms with van der Waals surface area (Å²) in [5.41, 5.74) is 7.76. The van der Waals surface area contributed by atoms with Gasteiger partial charge in [0.2, 0.25) is 5.91 Å². The highest BCUT2D eigenvalue weighted by Gasteiger charge is 2.20. The summed E-state index contributed by atoms with van der Waals surface area (Å²) < 4.78 is 0. The van der Waals surface area contributed by atoms with Crippen molar-refractivity contribution in [3.63, 3.8) is 0 Å². The number of aliphatic hydroxyl groups excluding tert-OH is 2. The summed E-state index contributed by atoms with van der Waals surface area (Å²) >= 11 is 0. The molecule has 0 saturated heterocycles. The molecule has 0 aliphatic heterocycles. The Labute approximate surface area is 107 Å². The lowest BCUT2D eigenvalue weighted by molar-refractivity contribution is -0.119. The van der Waals surface area contributed by atoms with Gasteiger partial charge in [0.15, 0.2) is 0 Å². The normalized spacial score (nSPS) is 14.0. The molecule has 0 aromatic heterocycles. The van der Waals surface area contributed by atoms with Gasteiger partial charge in [0.1, 0.15) is 6.10 Å². The van der Waals surface area contributed by atoms with E-state index in [9.17, 15) is 15.0 Å². The third-order valence-electron chi connectivity index (χ3n) is 2.74. The number of rotatable bonds is 5. The third-order valence-corrected chi connectivity index (χ3v) is 2.74. The lowest BCUT2D eigenvalue weighted by Gasteiger charge is -2.20. The summed E-state index contributed by atoms with van der Waals surface area (Å²) in [6.07, 6.45) is -1.73. The standard InChI is InChI=1S/C13H20N2O3/c1-8-3-4-10(11(14)7-8)13(18)12(17)5-6-15-9(2)16/h3-4,7,12-13,17-18H,5-6,14H2,1-2H3,(H,15,16). The van der Waals surface area contributed by atoms with Crippen LogP contribution in [0.25, 0.3) is 0 Å². The van der Waals surface area contributed by atoms with E-state index in [4.69, 9.17) is 5.73 Å². The molecule has 1 amide bonds. The topological polar surface area (TPSA) is 95.6 Å². The minimum atomic E-state index is -1.04. The quantitative estimate of drug-likeness (QED) is 0.574. The summed E-state index contributed by atoms with van der Waals surface area (Å²) in [6.45, 7) is 3.62. The number of carbonyl (C=O) groups excluding carboxylic acids is 1. The number of benzene rings is 1. The molecule has 0 heterocycles. The number of hydrogen-bond acceptors (Lipinski definition) is 4. The van der Waals surface area contributed by atoms with Crippen molar-refractivity contribution >= 4 is 11.6 Å². The zero-order valence-corrected chi connectivity index (χ0v) is 10.7. The van der Waals surface area contributed by atoms with Gasteiger partial charge in [-0.05, 0) is 25.0 Å². The molecule has 0 spiro atoms. The SMILES string of the molecule is CC(=O)NCCC(O)C(O)c1ccc(C)cc1N. The van der Waals surface area contributed by atoms with Gasteiger partial charge in [-0.2, -0.15) is 0 Å². The molecule has 0 bridgehead atoms. The van der Waals surface area contributed by atoms with Crippen LogP contribution in [0.15, 0.2) is 18.2 Å². The second kappa shape index (κ2) is 6.37. The van der Waals surface area contributed by atoms with Crippen molar-refractivity contribution < 1.29 is 15.0 Å². The molecule has 0 aliphatic rings. The van der Waals surface area contributed by atoms with Gasteiger partial charge in [-0.15, -0.1) is 0 Å². The Bertz CT molecular complexity index is 421. The minimum absolute atomic E-state index is 0.161. The van der Waals surface area contributed by atoms with Gasteiger partial charge in [-0.3, -0.25) is 4.79 Å². The Morgan fingerprint density at radius 1 is 1.44 bits per heavy atom. The number of carbonyl (C=O) groups is 1. The van der Waals surface area contributed by atoms with Gasteiger partial charge in [0.25, 0.3) is 0 Å². The van der Waals surface area contributed by atoms with Crippen molar-refractivity contribution in [3.8, 4) is 0 Å². The highest BCUT2D eigenvalue weighted by atomic mass is 16.3.